The lowest BCUT2D eigenvalue weighted by Gasteiger charge is -2.19. The first-order valence-corrected chi connectivity index (χ1v) is 6.93. The van der Waals surface area contributed by atoms with E-state index in [9.17, 15) is 14.7 Å². The van der Waals surface area contributed by atoms with Crippen LogP contribution in [0.5, 0.6) is 5.75 Å². The van der Waals surface area contributed by atoms with Gasteiger partial charge in [0.15, 0.2) is 5.75 Å². The fraction of sp³-hybridized carbons (Fsp3) is 0.571. The van der Waals surface area contributed by atoms with E-state index >= 15 is 0 Å². The van der Waals surface area contributed by atoms with E-state index in [2.05, 4.69) is 4.90 Å². The Balaban J connectivity index is 2.12. The van der Waals surface area contributed by atoms with E-state index in [0.717, 1.165) is 18.8 Å². The fourth-order valence-corrected chi connectivity index (χ4v) is 2.52. The fourth-order valence-electron chi connectivity index (χ4n) is 2.52. The Morgan fingerprint density at radius 3 is 2.65 bits per heavy atom. The van der Waals surface area contributed by atoms with Gasteiger partial charge < -0.3 is 14.8 Å². The number of carboxylic acids is 1. The molecule has 0 amide bonds. The maximum Gasteiger partial charge on any atom is 0.303 e. The van der Waals surface area contributed by atoms with Gasteiger partial charge in [-0.3, -0.25) is 14.5 Å². The van der Waals surface area contributed by atoms with Crippen LogP contribution >= 0.6 is 0 Å². The van der Waals surface area contributed by atoms with Crippen molar-refractivity contribution >= 4 is 5.97 Å². The molecule has 0 aliphatic carbocycles. The van der Waals surface area contributed by atoms with Gasteiger partial charge in [-0.2, -0.15) is 0 Å². The molecule has 6 nitrogen and oxygen atoms in total. The molecular formula is C14H20N2O4. The first-order valence-electron chi connectivity index (χ1n) is 6.93. The lowest BCUT2D eigenvalue weighted by atomic mass is 10.2. The molecule has 0 radical (unpaired) electrons. The predicted octanol–water partition coefficient (Wildman–Crippen LogP) is 1.01. The minimum Gasteiger partial charge on any atom is -0.503 e. The number of rotatable bonds is 6. The third-order valence-corrected chi connectivity index (χ3v) is 3.57. The molecule has 2 heterocycles. The Labute approximate surface area is 117 Å². The minimum atomic E-state index is -0.837. The van der Waals surface area contributed by atoms with Gasteiger partial charge in [-0.05, 0) is 32.4 Å². The van der Waals surface area contributed by atoms with Crippen molar-refractivity contribution in [3.05, 3.63) is 28.2 Å². The van der Waals surface area contributed by atoms with Crippen molar-refractivity contribution in [1.29, 1.82) is 0 Å². The van der Waals surface area contributed by atoms with Gasteiger partial charge in [-0.1, -0.05) is 0 Å². The Kier molecular flexibility index (Phi) is 4.79. The number of aromatic hydroxyl groups is 1. The van der Waals surface area contributed by atoms with E-state index in [-0.39, 0.29) is 17.6 Å². The molecular weight excluding hydrogens is 260 g/mol. The smallest absolute Gasteiger partial charge is 0.303 e. The monoisotopic (exact) mass is 280 g/mol. The van der Waals surface area contributed by atoms with Gasteiger partial charge in [0.05, 0.1) is 6.20 Å². The summed E-state index contributed by atoms with van der Waals surface area (Å²) in [6.07, 6.45) is 4.30. The summed E-state index contributed by atoms with van der Waals surface area (Å²) < 4.78 is 1.79. The van der Waals surface area contributed by atoms with Gasteiger partial charge in [0.25, 0.3) is 0 Å². The highest BCUT2D eigenvalue weighted by Crippen LogP contribution is 2.14. The molecule has 0 bridgehead atoms. The molecule has 1 aliphatic rings. The van der Waals surface area contributed by atoms with Crippen LogP contribution < -0.4 is 5.43 Å². The summed E-state index contributed by atoms with van der Waals surface area (Å²) in [4.78, 5) is 24.4. The van der Waals surface area contributed by atoms with Crippen LogP contribution in [-0.4, -0.2) is 38.7 Å². The topological polar surface area (TPSA) is 82.8 Å². The SMILES string of the molecule is O=C(O)CCCn1cc(O)c(=O)cc1CN1CCCC1. The highest BCUT2D eigenvalue weighted by Gasteiger charge is 2.14. The number of aryl methyl sites for hydroxylation is 1. The summed E-state index contributed by atoms with van der Waals surface area (Å²) in [5, 5.41) is 18.2. The summed E-state index contributed by atoms with van der Waals surface area (Å²) in [6.45, 7) is 3.19. The zero-order valence-electron chi connectivity index (χ0n) is 11.4. The highest BCUT2D eigenvalue weighted by atomic mass is 16.4. The van der Waals surface area contributed by atoms with E-state index in [1.54, 1.807) is 4.57 Å². The van der Waals surface area contributed by atoms with Crippen molar-refractivity contribution in [2.24, 2.45) is 0 Å². The molecule has 1 fully saturated rings. The quantitative estimate of drug-likeness (QED) is 0.812. The molecule has 0 spiro atoms. The molecule has 20 heavy (non-hydrogen) atoms. The van der Waals surface area contributed by atoms with Crippen LogP contribution in [-0.2, 0) is 17.9 Å². The molecule has 0 saturated carbocycles. The molecule has 1 saturated heterocycles. The van der Waals surface area contributed by atoms with E-state index in [1.807, 2.05) is 0 Å². The number of aromatic nitrogens is 1. The van der Waals surface area contributed by atoms with Crippen molar-refractivity contribution < 1.29 is 15.0 Å². The maximum absolute atomic E-state index is 11.6. The number of likely N-dealkylation sites (tertiary alicyclic amines) is 1. The lowest BCUT2D eigenvalue weighted by molar-refractivity contribution is -0.137. The van der Waals surface area contributed by atoms with Crippen LogP contribution in [0.1, 0.15) is 31.4 Å². The van der Waals surface area contributed by atoms with Crippen molar-refractivity contribution in [3.8, 4) is 5.75 Å². The molecule has 1 aromatic heterocycles. The average Bonchev–Trinajstić information content (AvgIpc) is 2.87. The van der Waals surface area contributed by atoms with Crippen molar-refractivity contribution in [1.82, 2.24) is 9.47 Å². The highest BCUT2D eigenvalue weighted by molar-refractivity contribution is 5.66. The summed E-state index contributed by atoms with van der Waals surface area (Å²) in [6, 6.07) is 1.45. The van der Waals surface area contributed by atoms with Crippen LogP contribution in [0.4, 0.5) is 0 Å². The second-order valence-electron chi connectivity index (χ2n) is 5.19. The van der Waals surface area contributed by atoms with Crippen LogP contribution in [0.3, 0.4) is 0 Å². The van der Waals surface area contributed by atoms with Crippen LogP contribution in [0, 0.1) is 0 Å². The second kappa shape index (κ2) is 6.56. The lowest BCUT2D eigenvalue weighted by Crippen LogP contribution is -2.23. The van der Waals surface area contributed by atoms with Gasteiger partial charge in [-0.25, -0.2) is 0 Å². The standard InChI is InChI=1S/C14H20N2O4/c17-12-8-11(9-15-5-1-2-6-15)16(10-13(12)18)7-3-4-14(19)20/h8,10,18H,1-7,9H2,(H,19,20). The summed E-state index contributed by atoms with van der Waals surface area (Å²) in [5.41, 5.74) is 0.453. The van der Waals surface area contributed by atoms with Crippen molar-refractivity contribution in [2.75, 3.05) is 13.1 Å². The number of pyridine rings is 1. The average molecular weight is 280 g/mol. The third kappa shape index (κ3) is 3.84. The van der Waals surface area contributed by atoms with E-state index in [0.29, 0.717) is 19.5 Å². The Morgan fingerprint density at radius 1 is 1.30 bits per heavy atom. The van der Waals surface area contributed by atoms with Crippen molar-refractivity contribution in [2.45, 2.75) is 38.8 Å². The molecule has 1 aliphatic heterocycles. The first kappa shape index (κ1) is 14.6. The Bertz CT molecular complexity index is 532. The number of aliphatic carboxylic acids is 1. The normalized spacial score (nSPS) is 15.6. The Morgan fingerprint density at radius 2 is 2.00 bits per heavy atom. The van der Waals surface area contributed by atoms with E-state index in [1.165, 1.54) is 25.1 Å². The van der Waals surface area contributed by atoms with Gasteiger partial charge in [0.1, 0.15) is 0 Å². The third-order valence-electron chi connectivity index (χ3n) is 3.57. The maximum atomic E-state index is 11.6. The van der Waals surface area contributed by atoms with Crippen molar-refractivity contribution in [3.63, 3.8) is 0 Å². The molecule has 2 N–H and O–H groups in total. The number of carbonyl (C=O) groups is 1. The van der Waals surface area contributed by atoms with Gasteiger partial charge in [-0.15, -0.1) is 0 Å². The summed E-state index contributed by atoms with van der Waals surface area (Å²) in [5.74, 6) is -1.12. The number of hydrogen-bond donors (Lipinski definition) is 2. The number of carboxylic acid groups (broad SMARTS) is 1. The molecule has 1 aromatic rings. The molecule has 0 unspecified atom stereocenters. The number of hydrogen-bond acceptors (Lipinski definition) is 4. The van der Waals surface area contributed by atoms with Gasteiger partial charge in [0.2, 0.25) is 5.43 Å². The molecule has 6 heteroatoms. The summed E-state index contributed by atoms with van der Waals surface area (Å²) >= 11 is 0. The van der Waals surface area contributed by atoms with Gasteiger partial charge in [0, 0.05) is 31.3 Å². The van der Waals surface area contributed by atoms with Gasteiger partial charge >= 0.3 is 5.97 Å². The summed E-state index contributed by atoms with van der Waals surface area (Å²) in [7, 11) is 0. The molecule has 110 valence electrons. The molecule has 0 atom stereocenters. The molecule has 2 rings (SSSR count). The van der Waals surface area contributed by atoms with E-state index in [4.69, 9.17) is 5.11 Å². The van der Waals surface area contributed by atoms with Crippen LogP contribution in [0.2, 0.25) is 0 Å². The second-order valence-corrected chi connectivity index (χ2v) is 5.19. The predicted molar refractivity (Wildman–Crippen MR) is 73.7 cm³/mol. The minimum absolute atomic E-state index is 0.0794. The van der Waals surface area contributed by atoms with Crippen LogP contribution in [0.15, 0.2) is 17.1 Å². The van der Waals surface area contributed by atoms with Crippen LogP contribution in [0.25, 0.3) is 0 Å². The first-order chi connectivity index (χ1) is 9.56. The largest absolute Gasteiger partial charge is 0.503 e. The zero-order valence-corrected chi connectivity index (χ0v) is 11.4. The zero-order chi connectivity index (χ0) is 14.5. The number of nitrogens with zero attached hydrogens (tertiary/aromatic N) is 2. The Hall–Kier alpha value is -1.82. The molecule has 0 aromatic carbocycles. The van der Waals surface area contributed by atoms with E-state index < -0.39 is 5.97 Å².